The Bertz CT molecular complexity index is 2500. The van der Waals surface area contributed by atoms with E-state index in [-0.39, 0.29) is 5.56 Å². The van der Waals surface area contributed by atoms with Crippen LogP contribution in [0, 0.1) is 13.8 Å². The first kappa shape index (κ1) is 44.1. The van der Waals surface area contributed by atoms with Crippen molar-refractivity contribution in [1.82, 2.24) is 0 Å². The summed E-state index contributed by atoms with van der Waals surface area (Å²) in [5.74, 6) is 1.39. The van der Waals surface area contributed by atoms with Crippen molar-refractivity contribution in [2.45, 2.75) is 105 Å². The fourth-order valence-corrected chi connectivity index (χ4v) is 11.0. The minimum Gasteiger partial charge on any atom is -0.503 e. The van der Waals surface area contributed by atoms with Crippen LogP contribution in [-0.4, -0.2) is 18.3 Å². The molecule has 0 spiro atoms. The molecule has 0 radical (unpaired) electrons. The van der Waals surface area contributed by atoms with Crippen LogP contribution in [0.1, 0.15) is 102 Å². The van der Waals surface area contributed by atoms with Gasteiger partial charge in [0, 0.05) is 46.3 Å². The summed E-state index contributed by atoms with van der Waals surface area (Å²) < 4.78 is 12.5. The molecule has 0 bridgehead atoms. The molecule has 318 valence electrons. The summed E-state index contributed by atoms with van der Waals surface area (Å²) in [7, 11) is 0. The molecule has 3 aromatic heterocycles. The Kier molecular flexibility index (Phi) is 15.3. The number of thiophene rings is 3. The zero-order valence-corrected chi connectivity index (χ0v) is 38.3. The maximum Gasteiger partial charge on any atom is 0.268 e. The number of hydrogen-bond donors (Lipinski definition) is 1. The van der Waals surface area contributed by atoms with Crippen LogP contribution < -0.4 is 25.2 Å². The quantitative estimate of drug-likeness (QED) is 0.0510. The first-order valence-electron chi connectivity index (χ1n) is 22.0. The van der Waals surface area contributed by atoms with E-state index < -0.39 is 16.6 Å². The van der Waals surface area contributed by atoms with Gasteiger partial charge in [0.15, 0.2) is 5.75 Å². The standard InChI is InChI=1S/C52H57NO5S3/c1-5-7-9-11-13-15-31-57-39-21-23-41(35(3)33-39)53(42-24-22-40(34-36(42)4)58-32-16-14-12-10-8-6-2)38-19-17-37(18-20-38)43-25-26-44(59-43)45-27-28-46(60-45)47-29-30-48(61-47)49-50(54)52(56)51(49)55/h17-30,33-34,54H,5-16,31-32H2,1-4H3. The lowest BCUT2D eigenvalue weighted by Crippen LogP contribution is -2.31. The van der Waals surface area contributed by atoms with Gasteiger partial charge in [0.1, 0.15) is 11.5 Å². The summed E-state index contributed by atoms with van der Waals surface area (Å²) in [6, 6.07) is 34.1. The normalized spacial score (nSPS) is 11.4. The Balaban J connectivity index is 1.08. The van der Waals surface area contributed by atoms with Crippen LogP contribution in [0.4, 0.5) is 17.1 Å². The second kappa shape index (κ2) is 21.2. The van der Waals surface area contributed by atoms with Crippen LogP contribution in [0.25, 0.3) is 40.4 Å². The van der Waals surface area contributed by atoms with E-state index in [2.05, 4.69) is 118 Å². The third-order valence-corrected chi connectivity index (χ3v) is 14.9. The lowest BCUT2D eigenvalue weighted by molar-refractivity contribution is 0.304. The molecule has 7 rings (SSSR count). The first-order valence-corrected chi connectivity index (χ1v) is 24.4. The van der Waals surface area contributed by atoms with Gasteiger partial charge in [-0.3, -0.25) is 9.59 Å². The molecular weight excluding hydrogens is 815 g/mol. The molecular formula is C52H57NO5S3. The Morgan fingerprint density at radius 2 is 0.918 bits per heavy atom. The molecule has 0 amide bonds. The highest BCUT2D eigenvalue weighted by molar-refractivity contribution is 7.27. The smallest absolute Gasteiger partial charge is 0.268 e. The lowest BCUT2D eigenvalue weighted by Gasteiger charge is -2.29. The van der Waals surface area contributed by atoms with Crippen LogP contribution in [0.2, 0.25) is 0 Å². The van der Waals surface area contributed by atoms with E-state index in [1.165, 1.54) is 85.3 Å². The second-order valence-electron chi connectivity index (χ2n) is 15.9. The summed E-state index contributed by atoms with van der Waals surface area (Å²) in [6.45, 7) is 10.3. The zero-order chi connectivity index (χ0) is 42.7. The van der Waals surface area contributed by atoms with Gasteiger partial charge in [-0.25, -0.2) is 0 Å². The van der Waals surface area contributed by atoms with Crippen LogP contribution in [-0.2, 0) is 0 Å². The Morgan fingerprint density at radius 3 is 1.39 bits per heavy atom. The monoisotopic (exact) mass is 871 g/mol. The number of aromatic hydroxyl groups is 1. The van der Waals surface area contributed by atoms with E-state index in [1.807, 2.05) is 6.07 Å². The number of nitrogens with zero attached hydrogens (tertiary/aromatic N) is 1. The number of unbranched alkanes of at least 4 members (excludes halogenated alkanes) is 10. The Morgan fingerprint density at radius 1 is 0.492 bits per heavy atom. The highest BCUT2D eigenvalue weighted by Gasteiger charge is 2.24. The largest absolute Gasteiger partial charge is 0.503 e. The second-order valence-corrected chi connectivity index (χ2v) is 19.1. The predicted octanol–water partition coefficient (Wildman–Crippen LogP) is 15.4. The van der Waals surface area contributed by atoms with E-state index in [1.54, 1.807) is 28.7 Å². The maximum absolute atomic E-state index is 12.0. The van der Waals surface area contributed by atoms with Gasteiger partial charge in [-0.2, -0.15) is 0 Å². The van der Waals surface area contributed by atoms with Crippen molar-refractivity contribution in [3.8, 4) is 57.6 Å². The third kappa shape index (κ3) is 10.7. The van der Waals surface area contributed by atoms with Crippen molar-refractivity contribution in [2.24, 2.45) is 0 Å². The molecule has 0 aliphatic heterocycles. The summed E-state index contributed by atoms with van der Waals surface area (Å²) >= 11 is 4.86. The molecule has 4 aromatic carbocycles. The van der Waals surface area contributed by atoms with Gasteiger partial charge in [0.2, 0.25) is 5.43 Å². The number of benzene rings is 3. The highest BCUT2D eigenvalue weighted by atomic mass is 32.1. The summed E-state index contributed by atoms with van der Waals surface area (Å²) in [4.78, 5) is 32.1. The van der Waals surface area contributed by atoms with Crippen molar-refractivity contribution < 1.29 is 14.6 Å². The molecule has 61 heavy (non-hydrogen) atoms. The molecule has 7 aromatic rings. The van der Waals surface area contributed by atoms with Gasteiger partial charge in [-0.15, -0.1) is 34.0 Å². The predicted molar refractivity (Wildman–Crippen MR) is 260 cm³/mol. The highest BCUT2D eigenvalue weighted by Crippen LogP contribution is 2.45. The van der Waals surface area contributed by atoms with Crippen molar-refractivity contribution in [3.63, 3.8) is 0 Å². The van der Waals surface area contributed by atoms with Crippen LogP contribution in [0.3, 0.4) is 0 Å². The third-order valence-electron chi connectivity index (χ3n) is 11.2. The van der Waals surface area contributed by atoms with E-state index >= 15 is 0 Å². The van der Waals surface area contributed by atoms with Gasteiger partial charge >= 0.3 is 0 Å². The van der Waals surface area contributed by atoms with E-state index in [0.717, 1.165) is 85.9 Å². The molecule has 0 saturated carbocycles. The van der Waals surface area contributed by atoms with Crippen LogP contribution >= 0.6 is 34.0 Å². The summed E-state index contributed by atoms with van der Waals surface area (Å²) in [5, 5.41) is 9.93. The molecule has 0 fully saturated rings. The molecule has 6 nitrogen and oxygen atoms in total. The van der Waals surface area contributed by atoms with Crippen molar-refractivity contribution >= 4 is 51.1 Å². The fraction of sp³-hybridized carbons (Fsp3) is 0.346. The molecule has 9 heteroatoms. The molecule has 1 N–H and O–H groups in total. The minimum absolute atomic E-state index is 0.128. The van der Waals surface area contributed by atoms with Gasteiger partial charge in [0.05, 0.1) is 18.8 Å². The number of hydrogen-bond acceptors (Lipinski definition) is 9. The maximum atomic E-state index is 12.0. The number of aryl methyl sites for hydroxylation is 2. The van der Waals surface area contributed by atoms with Gasteiger partial charge in [-0.1, -0.05) is 90.2 Å². The summed E-state index contributed by atoms with van der Waals surface area (Å²) in [5.41, 5.74) is 5.43. The zero-order valence-electron chi connectivity index (χ0n) is 35.9. The number of rotatable bonds is 23. The SMILES string of the molecule is CCCCCCCCOc1ccc(N(c2ccc(-c3ccc(-c4ccc(-c5ccc(-c6c(O)c(=O)c6=O)s5)s4)s3)cc2)c2ccc(OCCCCCCCC)cc2C)c(C)c1. The average molecular weight is 872 g/mol. The van der Waals surface area contributed by atoms with Crippen LogP contribution in [0.15, 0.2) is 107 Å². The van der Waals surface area contributed by atoms with E-state index in [0.29, 0.717) is 4.88 Å². The van der Waals surface area contributed by atoms with Crippen molar-refractivity contribution in [3.05, 3.63) is 129 Å². The molecule has 3 heterocycles. The van der Waals surface area contributed by atoms with Gasteiger partial charge in [-0.05, 0) is 128 Å². The Hall–Kier alpha value is -4.96. The van der Waals surface area contributed by atoms with Gasteiger partial charge in [0.25, 0.3) is 5.43 Å². The minimum atomic E-state index is -0.808. The first-order chi connectivity index (χ1) is 29.7. The molecule has 0 saturated heterocycles. The van der Waals surface area contributed by atoms with Crippen LogP contribution in [0.5, 0.6) is 17.2 Å². The van der Waals surface area contributed by atoms with E-state index in [9.17, 15) is 14.7 Å². The average Bonchev–Trinajstić information content (AvgIpc) is 4.07. The summed E-state index contributed by atoms with van der Waals surface area (Å²) in [6.07, 6.45) is 14.9. The van der Waals surface area contributed by atoms with Crippen molar-refractivity contribution in [2.75, 3.05) is 18.1 Å². The van der Waals surface area contributed by atoms with E-state index in [4.69, 9.17) is 9.47 Å². The Labute approximate surface area is 372 Å². The molecule has 0 unspecified atom stereocenters. The molecule has 0 aliphatic carbocycles. The van der Waals surface area contributed by atoms with Crippen molar-refractivity contribution in [1.29, 1.82) is 0 Å². The molecule has 0 aliphatic rings. The topological polar surface area (TPSA) is 76.1 Å². The van der Waals surface area contributed by atoms with Gasteiger partial charge < -0.3 is 19.5 Å². The number of ether oxygens (including phenoxy) is 2. The lowest BCUT2D eigenvalue weighted by atomic mass is 10.1. The fourth-order valence-electron chi connectivity index (χ4n) is 7.71. The number of anilines is 3. The molecule has 0 atom stereocenters.